The van der Waals surface area contributed by atoms with E-state index in [2.05, 4.69) is 26.1 Å². The van der Waals surface area contributed by atoms with Crippen LogP contribution in [0.5, 0.6) is 0 Å². The van der Waals surface area contributed by atoms with Gasteiger partial charge in [-0.1, -0.05) is 13.8 Å². The van der Waals surface area contributed by atoms with Crippen LogP contribution in [0.4, 0.5) is 4.79 Å². The number of alkyl carbamates (subject to hydrolysis) is 1. The Morgan fingerprint density at radius 3 is 2.57 bits per heavy atom. The summed E-state index contributed by atoms with van der Waals surface area (Å²) in [7, 11) is -0.393. The van der Waals surface area contributed by atoms with Gasteiger partial charge in [-0.05, 0) is 77.6 Å². The maximum absolute atomic E-state index is 13.1. The Hall–Kier alpha value is -1.28. The van der Waals surface area contributed by atoms with Gasteiger partial charge in [0, 0.05) is 6.54 Å². The molecule has 30 heavy (non-hydrogen) atoms. The molecule has 5 fully saturated rings. The van der Waals surface area contributed by atoms with Crippen LogP contribution in [0, 0.1) is 17.3 Å². The van der Waals surface area contributed by atoms with Gasteiger partial charge in [-0.15, -0.1) is 0 Å². The average Bonchev–Trinajstić information content (AvgIpc) is 3.21. The summed E-state index contributed by atoms with van der Waals surface area (Å²) in [5, 5.41) is 2.67. The quantitative estimate of drug-likeness (QED) is 0.710. The lowest BCUT2D eigenvalue weighted by molar-refractivity contribution is -0.199. The summed E-state index contributed by atoms with van der Waals surface area (Å²) >= 11 is 0. The molecule has 0 aromatic heterocycles. The van der Waals surface area contributed by atoms with E-state index in [0.29, 0.717) is 23.8 Å². The van der Waals surface area contributed by atoms with Crippen molar-refractivity contribution >= 4 is 19.1 Å². The second-order valence-corrected chi connectivity index (χ2v) is 11.4. The summed E-state index contributed by atoms with van der Waals surface area (Å²) in [6.45, 7) is 14.7. The molecule has 0 spiro atoms. The van der Waals surface area contributed by atoms with Crippen LogP contribution in [0.1, 0.15) is 74.1 Å². The second-order valence-electron chi connectivity index (χ2n) is 11.4. The van der Waals surface area contributed by atoms with Gasteiger partial charge in [0.05, 0.1) is 17.6 Å². The Bertz CT molecular complexity index is 723. The number of hydrogen-bond donors (Lipinski definition) is 1. The number of carbonyl (C=O) groups excluding carboxylic acids is 2. The number of likely N-dealkylation sites (tertiary alicyclic amines) is 1. The van der Waals surface area contributed by atoms with Gasteiger partial charge in [-0.25, -0.2) is 4.79 Å². The van der Waals surface area contributed by atoms with E-state index in [9.17, 15) is 9.59 Å². The van der Waals surface area contributed by atoms with Crippen molar-refractivity contribution in [1.29, 1.82) is 0 Å². The van der Waals surface area contributed by atoms with Crippen LogP contribution in [0.2, 0.25) is 0 Å². The molecule has 5 aliphatic rings. The zero-order chi connectivity index (χ0) is 22.1. The fourth-order valence-corrected chi connectivity index (χ4v) is 6.21. The maximum Gasteiger partial charge on any atom is 0.481 e. The molecule has 2 bridgehead atoms. The molecule has 6 atom stereocenters. The lowest BCUT2D eigenvalue weighted by Gasteiger charge is -2.64. The van der Waals surface area contributed by atoms with Crippen LogP contribution in [0.3, 0.4) is 0 Å². The molecule has 0 aromatic carbocycles. The molecule has 5 rings (SSSR count). The molecular weight excluding hydrogens is 383 g/mol. The van der Waals surface area contributed by atoms with Gasteiger partial charge in [0.25, 0.3) is 0 Å². The molecule has 0 radical (unpaired) electrons. The minimum atomic E-state index is -0.661. The smallest absolute Gasteiger partial charge is 0.444 e. The minimum Gasteiger partial charge on any atom is -0.444 e. The van der Waals surface area contributed by atoms with Gasteiger partial charge in [0.1, 0.15) is 11.6 Å². The van der Waals surface area contributed by atoms with Crippen molar-refractivity contribution < 1.29 is 23.6 Å². The normalized spacial score (nSPS) is 38.0. The SMILES string of the molecule is C[C@@H](NC(=O)OC(C)(C)C)C(=O)N1CCC[C@H]1B1O[C@@H]2C[C@@H]3C[C@@H](C3(C)C)[C@]2(C)O1. The summed E-state index contributed by atoms with van der Waals surface area (Å²) in [5.41, 5.74) is -0.587. The third-order valence-electron chi connectivity index (χ3n) is 7.97. The average molecular weight is 420 g/mol. The fraction of sp³-hybridized carbons (Fsp3) is 0.909. The van der Waals surface area contributed by atoms with E-state index in [4.69, 9.17) is 14.0 Å². The van der Waals surface area contributed by atoms with Crippen LogP contribution in [-0.4, -0.2) is 59.9 Å². The molecular formula is C22H37BN2O5. The van der Waals surface area contributed by atoms with E-state index in [1.54, 1.807) is 27.7 Å². The van der Waals surface area contributed by atoms with Crippen LogP contribution in [0.15, 0.2) is 0 Å². The third-order valence-corrected chi connectivity index (χ3v) is 7.97. The molecule has 0 aromatic rings. The minimum absolute atomic E-state index is 0.106. The zero-order valence-corrected chi connectivity index (χ0v) is 19.5. The number of carbonyl (C=O) groups is 2. The monoisotopic (exact) mass is 420 g/mol. The van der Waals surface area contributed by atoms with Crippen molar-refractivity contribution in [2.45, 2.75) is 103 Å². The summed E-state index contributed by atoms with van der Waals surface area (Å²) in [6, 6.07) is -0.661. The molecule has 2 saturated heterocycles. The predicted molar refractivity (Wildman–Crippen MR) is 114 cm³/mol. The lowest BCUT2D eigenvalue weighted by Crippen LogP contribution is -2.65. The highest BCUT2D eigenvalue weighted by Crippen LogP contribution is 2.65. The highest BCUT2D eigenvalue weighted by molar-refractivity contribution is 6.48. The number of hydrogen-bond acceptors (Lipinski definition) is 5. The van der Waals surface area contributed by atoms with Crippen molar-refractivity contribution in [2.75, 3.05) is 6.54 Å². The van der Waals surface area contributed by atoms with Gasteiger partial charge >= 0.3 is 13.2 Å². The summed E-state index contributed by atoms with van der Waals surface area (Å²) in [5.74, 6) is 0.975. The Morgan fingerprint density at radius 1 is 1.23 bits per heavy atom. The molecule has 1 N–H and O–H groups in total. The molecule has 3 saturated carbocycles. The van der Waals surface area contributed by atoms with Gasteiger partial charge in [0.15, 0.2) is 0 Å². The number of ether oxygens (including phenoxy) is 1. The Labute approximate surface area is 180 Å². The third kappa shape index (κ3) is 3.54. The van der Waals surface area contributed by atoms with Gasteiger partial charge in [-0.3, -0.25) is 4.79 Å². The molecule has 2 amide bonds. The first-order chi connectivity index (χ1) is 13.8. The van der Waals surface area contributed by atoms with Crippen LogP contribution >= 0.6 is 0 Å². The largest absolute Gasteiger partial charge is 0.481 e. The number of nitrogens with one attached hydrogen (secondary N) is 1. The summed E-state index contributed by atoms with van der Waals surface area (Å²) in [6.07, 6.45) is 3.55. The van der Waals surface area contributed by atoms with Crippen molar-refractivity contribution in [3.05, 3.63) is 0 Å². The van der Waals surface area contributed by atoms with E-state index in [-0.39, 0.29) is 23.6 Å². The molecule has 3 aliphatic carbocycles. The summed E-state index contributed by atoms with van der Waals surface area (Å²) < 4.78 is 18.3. The van der Waals surface area contributed by atoms with Crippen LogP contribution < -0.4 is 5.32 Å². The first-order valence-electron chi connectivity index (χ1n) is 11.5. The Balaban J connectivity index is 1.41. The first-order valence-corrected chi connectivity index (χ1v) is 11.5. The van der Waals surface area contributed by atoms with Crippen molar-refractivity contribution in [3.63, 3.8) is 0 Å². The highest BCUT2D eigenvalue weighted by atomic mass is 16.7. The fourth-order valence-electron chi connectivity index (χ4n) is 6.21. The zero-order valence-electron chi connectivity index (χ0n) is 19.5. The number of amides is 2. The Morgan fingerprint density at radius 2 is 1.93 bits per heavy atom. The molecule has 2 aliphatic heterocycles. The van der Waals surface area contributed by atoms with Crippen molar-refractivity contribution in [2.24, 2.45) is 17.3 Å². The van der Waals surface area contributed by atoms with Crippen molar-refractivity contribution in [1.82, 2.24) is 10.2 Å². The molecule has 168 valence electrons. The molecule has 7 nitrogen and oxygen atoms in total. The van der Waals surface area contributed by atoms with Crippen LogP contribution in [0.25, 0.3) is 0 Å². The van der Waals surface area contributed by atoms with Gasteiger partial charge in [-0.2, -0.15) is 0 Å². The number of nitrogens with zero attached hydrogens (tertiary/aromatic N) is 1. The van der Waals surface area contributed by atoms with E-state index >= 15 is 0 Å². The molecule has 0 unspecified atom stereocenters. The Kier molecular flexibility index (Phi) is 5.21. The van der Waals surface area contributed by atoms with Gasteiger partial charge < -0.3 is 24.3 Å². The lowest BCUT2D eigenvalue weighted by atomic mass is 9.43. The van der Waals surface area contributed by atoms with E-state index in [0.717, 1.165) is 19.3 Å². The topological polar surface area (TPSA) is 77.1 Å². The van der Waals surface area contributed by atoms with E-state index < -0.39 is 24.9 Å². The number of rotatable bonds is 3. The summed E-state index contributed by atoms with van der Waals surface area (Å²) in [4.78, 5) is 27.1. The maximum atomic E-state index is 13.1. The van der Waals surface area contributed by atoms with E-state index in [1.807, 2.05) is 4.90 Å². The first kappa shape index (κ1) is 21.9. The predicted octanol–water partition coefficient (Wildman–Crippen LogP) is 3.16. The second kappa shape index (κ2) is 7.12. The van der Waals surface area contributed by atoms with Gasteiger partial charge in [0.2, 0.25) is 5.91 Å². The molecule has 2 heterocycles. The van der Waals surface area contributed by atoms with Crippen LogP contribution in [-0.2, 0) is 18.8 Å². The highest BCUT2D eigenvalue weighted by Gasteiger charge is 2.69. The standard InChI is InChI=1S/C22H37BN2O5/c1-13(24-19(27)28-20(2,3)4)18(26)25-10-8-9-17(25)23-29-16-12-14-11-15(21(14,5)6)22(16,7)30-23/h13-17H,8-12H2,1-7H3,(H,24,27)/t13-,14+,15+,16-,17+,22+/m1/s1. The van der Waals surface area contributed by atoms with E-state index in [1.165, 1.54) is 6.42 Å². The van der Waals surface area contributed by atoms with Crippen molar-refractivity contribution in [3.8, 4) is 0 Å². The molecule has 8 heteroatoms.